The number of para-hydroxylation sites is 1. The van der Waals surface area contributed by atoms with E-state index in [0.29, 0.717) is 17.0 Å². The van der Waals surface area contributed by atoms with E-state index < -0.39 is 5.91 Å². The molecule has 140 valence electrons. The third-order valence-electron chi connectivity index (χ3n) is 3.46. The first-order chi connectivity index (χ1) is 13.2. The predicted octanol–water partition coefficient (Wildman–Crippen LogP) is 0.151. The molecule has 0 aliphatic carbocycles. The monoisotopic (exact) mass is 372 g/mol. The number of amides is 1. The highest BCUT2D eigenvalue weighted by Crippen LogP contribution is 2.17. The van der Waals surface area contributed by atoms with Crippen LogP contribution in [0.2, 0.25) is 0 Å². The summed E-state index contributed by atoms with van der Waals surface area (Å²) in [5.41, 5.74) is 9.05. The van der Waals surface area contributed by atoms with Gasteiger partial charge < -0.3 is 15.2 Å². The van der Waals surface area contributed by atoms with Crippen LogP contribution in [-0.2, 0) is 11.3 Å². The summed E-state index contributed by atoms with van der Waals surface area (Å²) < 4.78 is 16.1. The maximum Gasteiger partial charge on any atom is 0.293 e. The number of anilines is 1. The average molecular weight is 372 g/mol. The van der Waals surface area contributed by atoms with Gasteiger partial charge in [0, 0.05) is 12.7 Å². The fourth-order valence-electron chi connectivity index (χ4n) is 2.24. The molecule has 0 aliphatic heterocycles. The number of nitrogens with one attached hydrogen (secondary N) is 1. The van der Waals surface area contributed by atoms with Crippen LogP contribution in [0.4, 0.5) is 5.82 Å². The maximum absolute atomic E-state index is 12.4. The van der Waals surface area contributed by atoms with Gasteiger partial charge in [0.25, 0.3) is 5.91 Å². The summed E-state index contributed by atoms with van der Waals surface area (Å²) in [6.45, 7) is 0.0261. The lowest BCUT2D eigenvalue weighted by Crippen LogP contribution is -2.20. The number of nitrogens with two attached hydrogens (primary N) is 1. The van der Waals surface area contributed by atoms with Crippen molar-refractivity contribution in [3.05, 3.63) is 41.2 Å². The number of hydrazone groups is 1. The van der Waals surface area contributed by atoms with Gasteiger partial charge in [-0.2, -0.15) is 9.78 Å². The smallest absolute Gasteiger partial charge is 0.293 e. The van der Waals surface area contributed by atoms with Crippen molar-refractivity contribution in [2.24, 2.45) is 5.10 Å². The number of nitrogens with zero attached hydrogens (tertiary/aromatic N) is 6. The first-order valence-electron chi connectivity index (χ1n) is 7.64. The summed E-state index contributed by atoms with van der Waals surface area (Å²) in [4.78, 5) is 12.4. The Morgan fingerprint density at radius 3 is 2.89 bits per heavy atom. The Morgan fingerprint density at radius 2 is 2.19 bits per heavy atom. The van der Waals surface area contributed by atoms with E-state index in [1.165, 1.54) is 18.0 Å². The number of carbonyl (C=O) groups excluding carboxylic acids is 1. The molecule has 1 aromatic carbocycles. The number of ether oxygens (including phenoxy) is 2. The molecule has 0 radical (unpaired) electrons. The molecule has 2 aromatic heterocycles. The summed E-state index contributed by atoms with van der Waals surface area (Å²) in [5, 5.41) is 18.8. The number of hydrogen-bond acceptors (Lipinski definition) is 10. The first kappa shape index (κ1) is 18.0. The minimum Gasteiger partial charge on any atom is -0.496 e. The van der Waals surface area contributed by atoms with Crippen LogP contribution in [-0.4, -0.2) is 51.6 Å². The number of nitrogen functional groups attached to an aromatic ring is 1. The molecule has 0 fully saturated rings. The number of carbonyl (C=O) groups is 1. The van der Waals surface area contributed by atoms with Crippen LogP contribution in [0.5, 0.6) is 5.75 Å². The zero-order valence-corrected chi connectivity index (χ0v) is 14.5. The molecule has 1 amide bonds. The number of aromatic nitrogens is 5. The van der Waals surface area contributed by atoms with Crippen LogP contribution in [0, 0.1) is 0 Å². The molecule has 27 heavy (non-hydrogen) atoms. The topological polar surface area (TPSA) is 156 Å². The number of hydrogen-bond donors (Lipinski definition) is 2. The van der Waals surface area contributed by atoms with E-state index in [4.69, 9.17) is 15.2 Å². The Hall–Kier alpha value is -3.80. The molecule has 0 bridgehead atoms. The SMILES string of the molecule is COCc1c(C(=O)N/N=C\c2ccccc2OC)nnn1-c1nonc1N. The Kier molecular flexibility index (Phi) is 5.37. The Bertz CT molecular complexity index is 964. The molecular weight excluding hydrogens is 356 g/mol. The van der Waals surface area contributed by atoms with Crippen molar-refractivity contribution < 1.29 is 18.9 Å². The average Bonchev–Trinajstić information content (AvgIpc) is 3.28. The minimum atomic E-state index is -0.588. The lowest BCUT2D eigenvalue weighted by Gasteiger charge is -2.04. The van der Waals surface area contributed by atoms with Crippen molar-refractivity contribution in [3.8, 4) is 11.6 Å². The van der Waals surface area contributed by atoms with E-state index in [1.807, 2.05) is 12.1 Å². The van der Waals surface area contributed by atoms with E-state index in [9.17, 15) is 4.79 Å². The highest BCUT2D eigenvalue weighted by molar-refractivity contribution is 5.94. The Morgan fingerprint density at radius 1 is 1.37 bits per heavy atom. The highest BCUT2D eigenvalue weighted by atomic mass is 16.6. The van der Waals surface area contributed by atoms with Gasteiger partial charge in [0.2, 0.25) is 11.6 Å². The van der Waals surface area contributed by atoms with Gasteiger partial charge >= 0.3 is 0 Å². The van der Waals surface area contributed by atoms with Crippen LogP contribution in [0.15, 0.2) is 34.0 Å². The molecule has 3 aromatic rings. The van der Waals surface area contributed by atoms with E-state index >= 15 is 0 Å². The number of rotatable bonds is 7. The van der Waals surface area contributed by atoms with Crippen molar-refractivity contribution in [1.82, 2.24) is 30.7 Å². The lowest BCUT2D eigenvalue weighted by atomic mass is 10.2. The molecule has 0 saturated heterocycles. The van der Waals surface area contributed by atoms with Gasteiger partial charge in [-0.15, -0.1) is 5.10 Å². The van der Waals surface area contributed by atoms with E-state index in [2.05, 4.69) is 35.8 Å². The van der Waals surface area contributed by atoms with Crippen molar-refractivity contribution in [2.45, 2.75) is 6.61 Å². The second-order valence-corrected chi connectivity index (χ2v) is 5.14. The summed E-state index contributed by atoms with van der Waals surface area (Å²) in [5.74, 6) is 0.134. The largest absolute Gasteiger partial charge is 0.496 e. The lowest BCUT2D eigenvalue weighted by molar-refractivity contribution is 0.0944. The maximum atomic E-state index is 12.4. The summed E-state index contributed by atoms with van der Waals surface area (Å²) >= 11 is 0. The molecular formula is C15H16N8O4. The normalized spacial score (nSPS) is 11.0. The van der Waals surface area contributed by atoms with Crippen molar-refractivity contribution in [1.29, 1.82) is 0 Å². The van der Waals surface area contributed by atoms with Crippen LogP contribution >= 0.6 is 0 Å². The van der Waals surface area contributed by atoms with Gasteiger partial charge in [0.1, 0.15) is 11.4 Å². The Labute approximate surface area is 152 Å². The second-order valence-electron chi connectivity index (χ2n) is 5.14. The summed E-state index contributed by atoms with van der Waals surface area (Å²) in [6.07, 6.45) is 1.46. The van der Waals surface area contributed by atoms with Gasteiger partial charge in [0.15, 0.2) is 5.69 Å². The quantitative estimate of drug-likeness (QED) is 0.435. The number of benzene rings is 1. The third-order valence-corrected chi connectivity index (χ3v) is 3.46. The molecule has 0 saturated carbocycles. The van der Waals surface area contributed by atoms with E-state index in [-0.39, 0.29) is 23.9 Å². The van der Waals surface area contributed by atoms with Gasteiger partial charge in [-0.1, -0.05) is 17.3 Å². The molecule has 0 unspecified atom stereocenters. The van der Waals surface area contributed by atoms with Crippen LogP contribution < -0.4 is 15.9 Å². The van der Waals surface area contributed by atoms with Crippen molar-refractivity contribution >= 4 is 17.9 Å². The van der Waals surface area contributed by atoms with E-state index in [0.717, 1.165) is 0 Å². The third kappa shape index (κ3) is 3.74. The standard InChI is InChI=1S/C15H16N8O4/c1-25-8-10-12(18-22-23(10)14-13(16)20-27-21-14)15(24)19-17-7-9-5-3-4-6-11(9)26-2/h3-7H,8H2,1-2H3,(H2,16,20)(H,19,24)/b17-7-. The Balaban J connectivity index is 1.81. The van der Waals surface area contributed by atoms with Crippen LogP contribution in [0.3, 0.4) is 0 Å². The van der Waals surface area contributed by atoms with Gasteiger partial charge in [0.05, 0.1) is 19.9 Å². The predicted molar refractivity (Wildman–Crippen MR) is 92.4 cm³/mol. The molecule has 0 atom stereocenters. The molecule has 3 N–H and O–H groups in total. The van der Waals surface area contributed by atoms with Crippen LogP contribution in [0.25, 0.3) is 5.82 Å². The fourth-order valence-corrected chi connectivity index (χ4v) is 2.24. The minimum absolute atomic E-state index is 0.00148. The molecule has 2 heterocycles. The molecule has 0 aliphatic rings. The van der Waals surface area contributed by atoms with Gasteiger partial charge in [-0.25, -0.2) is 10.1 Å². The molecule has 3 rings (SSSR count). The second kappa shape index (κ2) is 8.05. The van der Waals surface area contributed by atoms with Gasteiger partial charge in [-0.3, -0.25) is 4.79 Å². The van der Waals surface area contributed by atoms with Crippen molar-refractivity contribution in [3.63, 3.8) is 0 Å². The fraction of sp³-hybridized carbons (Fsp3) is 0.200. The summed E-state index contributed by atoms with van der Waals surface area (Å²) in [6, 6.07) is 7.22. The zero-order valence-electron chi connectivity index (χ0n) is 14.5. The van der Waals surface area contributed by atoms with E-state index in [1.54, 1.807) is 19.2 Å². The molecule has 12 nitrogen and oxygen atoms in total. The molecule has 12 heteroatoms. The number of methoxy groups -OCH3 is 2. The first-order valence-corrected chi connectivity index (χ1v) is 7.64. The van der Waals surface area contributed by atoms with Gasteiger partial charge in [-0.05, 0) is 22.4 Å². The van der Waals surface area contributed by atoms with Crippen LogP contribution in [0.1, 0.15) is 21.7 Å². The van der Waals surface area contributed by atoms with Crippen molar-refractivity contribution in [2.75, 3.05) is 20.0 Å². The molecule has 0 spiro atoms. The summed E-state index contributed by atoms with van der Waals surface area (Å²) in [7, 11) is 3.01. The zero-order chi connectivity index (χ0) is 19.2. The highest BCUT2D eigenvalue weighted by Gasteiger charge is 2.23.